The minimum Gasteiger partial charge on any atom is -0.497 e. The van der Waals surface area contributed by atoms with Crippen LogP contribution < -0.4 is 4.74 Å². The van der Waals surface area contributed by atoms with Crippen molar-refractivity contribution in [2.45, 2.75) is 6.42 Å². The van der Waals surface area contributed by atoms with Crippen LogP contribution >= 0.6 is 0 Å². The summed E-state index contributed by atoms with van der Waals surface area (Å²) in [6, 6.07) is 17.3. The van der Waals surface area contributed by atoms with Gasteiger partial charge in [-0.05, 0) is 29.8 Å². The van der Waals surface area contributed by atoms with Crippen LogP contribution in [-0.2, 0) is 16.0 Å². The van der Waals surface area contributed by atoms with Crippen LogP contribution in [0.4, 0.5) is 0 Å². The summed E-state index contributed by atoms with van der Waals surface area (Å²) in [6.45, 7) is 0. The van der Waals surface area contributed by atoms with Gasteiger partial charge in [0.1, 0.15) is 11.4 Å². The summed E-state index contributed by atoms with van der Waals surface area (Å²) in [6.07, 6.45) is 1.73. The van der Waals surface area contributed by atoms with Crippen molar-refractivity contribution in [2.75, 3.05) is 14.2 Å². The normalized spacial score (nSPS) is 11.2. The minimum absolute atomic E-state index is 0.0247. The average molecular weight is 414 g/mol. The number of fused-ring (bicyclic) bond motifs is 3. The second kappa shape index (κ2) is 7.52. The summed E-state index contributed by atoms with van der Waals surface area (Å²) in [7, 11) is 2.95. The highest BCUT2D eigenvalue weighted by Crippen LogP contribution is 2.27. The molecule has 0 radical (unpaired) electrons. The van der Waals surface area contributed by atoms with Gasteiger partial charge in [-0.25, -0.2) is 4.68 Å². The minimum atomic E-state index is -0.409. The molecule has 9 nitrogen and oxygen atoms in total. The summed E-state index contributed by atoms with van der Waals surface area (Å²) in [5.74, 6) is 0.319. The molecule has 0 aliphatic rings. The zero-order chi connectivity index (χ0) is 21.4. The molecule has 0 saturated carbocycles. The van der Waals surface area contributed by atoms with Crippen LogP contribution in [0.3, 0.4) is 0 Å². The fourth-order valence-corrected chi connectivity index (χ4v) is 3.48. The monoisotopic (exact) mass is 414 g/mol. The van der Waals surface area contributed by atoms with Crippen LogP contribution in [0.25, 0.3) is 33.6 Å². The lowest BCUT2D eigenvalue weighted by Crippen LogP contribution is -2.06. The molecule has 0 aliphatic carbocycles. The first-order valence-electron chi connectivity index (χ1n) is 9.58. The molecular formula is C22H18N6O3. The van der Waals surface area contributed by atoms with Crippen LogP contribution in [0.5, 0.6) is 5.75 Å². The summed E-state index contributed by atoms with van der Waals surface area (Å²) in [5, 5.41) is 18.0. The van der Waals surface area contributed by atoms with E-state index in [1.807, 2.05) is 54.6 Å². The number of benzene rings is 2. The molecule has 0 amide bonds. The number of methoxy groups -OCH3 is 2. The average Bonchev–Trinajstić information content (AvgIpc) is 3.41. The Bertz CT molecular complexity index is 1390. The fourth-order valence-electron chi connectivity index (χ4n) is 3.48. The molecule has 0 fully saturated rings. The maximum absolute atomic E-state index is 11.9. The van der Waals surface area contributed by atoms with E-state index in [1.165, 1.54) is 7.11 Å². The lowest BCUT2D eigenvalue weighted by atomic mass is 10.1. The van der Waals surface area contributed by atoms with Gasteiger partial charge in [-0.15, -0.1) is 10.2 Å². The van der Waals surface area contributed by atoms with E-state index in [1.54, 1.807) is 22.5 Å². The van der Waals surface area contributed by atoms with Gasteiger partial charge in [-0.2, -0.15) is 14.7 Å². The summed E-state index contributed by atoms with van der Waals surface area (Å²) in [5.41, 5.74) is 4.76. The Morgan fingerprint density at radius 1 is 1.00 bits per heavy atom. The predicted octanol–water partition coefficient (Wildman–Crippen LogP) is 2.85. The van der Waals surface area contributed by atoms with E-state index < -0.39 is 5.97 Å². The molecule has 154 valence electrons. The van der Waals surface area contributed by atoms with E-state index in [-0.39, 0.29) is 6.42 Å². The van der Waals surface area contributed by atoms with Gasteiger partial charge in [0.2, 0.25) is 0 Å². The smallest absolute Gasteiger partial charge is 0.311 e. The molecule has 0 atom stereocenters. The van der Waals surface area contributed by atoms with E-state index >= 15 is 0 Å². The molecule has 5 rings (SSSR count). The van der Waals surface area contributed by atoms with E-state index in [9.17, 15) is 4.79 Å². The van der Waals surface area contributed by atoms with Gasteiger partial charge in [-0.3, -0.25) is 4.79 Å². The van der Waals surface area contributed by atoms with Crippen molar-refractivity contribution in [1.82, 2.24) is 29.6 Å². The topological polar surface area (TPSA) is 96.4 Å². The number of hydrogen-bond donors (Lipinski definition) is 0. The lowest BCUT2D eigenvalue weighted by Gasteiger charge is -2.06. The van der Waals surface area contributed by atoms with Crippen molar-refractivity contribution in [3.63, 3.8) is 0 Å². The quantitative estimate of drug-likeness (QED) is 0.408. The third kappa shape index (κ3) is 3.16. The Morgan fingerprint density at radius 3 is 2.48 bits per heavy atom. The molecule has 0 spiro atoms. The van der Waals surface area contributed by atoms with Gasteiger partial charge < -0.3 is 9.47 Å². The largest absolute Gasteiger partial charge is 0.497 e. The van der Waals surface area contributed by atoms with Crippen LogP contribution in [0, 0.1) is 0 Å². The van der Waals surface area contributed by atoms with Crippen LogP contribution in [0.2, 0.25) is 0 Å². The summed E-state index contributed by atoms with van der Waals surface area (Å²) in [4.78, 5) is 11.9. The maximum atomic E-state index is 11.9. The third-order valence-electron chi connectivity index (χ3n) is 5.04. The molecule has 0 bridgehead atoms. The molecular weight excluding hydrogens is 396 g/mol. The van der Waals surface area contributed by atoms with Crippen molar-refractivity contribution in [3.8, 4) is 22.6 Å². The van der Waals surface area contributed by atoms with Crippen molar-refractivity contribution in [2.24, 2.45) is 0 Å². The molecule has 0 N–H and O–H groups in total. The van der Waals surface area contributed by atoms with Crippen molar-refractivity contribution >= 4 is 22.8 Å². The van der Waals surface area contributed by atoms with Crippen molar-refractivity contribution < 1.29 is 14.3 Å². The summed E-state index contributed by atoms with van der Waals surface area (Å²) < 4.78 is 13.5. The second-order valence-electron chi connectivity index (χ2n) is 6.84. The zero-order valence-corrected chi connectivity index (χ0v) is 16.9. The summed E-state index contributed by atoms with van der Waals surface area (Å²) >= 11 is 0. The number of aromatic nitrogens is 6. The second-order valence-corrected chi connectivity index (χ2v) is 6.84. The Kier molecular flexibility index (Phi) is 4.55. The molecule has 0 aliphatic heterocycles. The Balaban J connectivity index is 1.77. The Labute approximate surface area is 176 Å². The Hall–Kier alpha value is -4.27. The molecule has 0 unspecified atom stereocenters. The highest BCUT2D eigenvalue weighted by atomic mass is 16.5. The van der Waals surface area contributed by atoms with E-state index in [0.717, 1.165) is 22.6 Å². The predicted molar refractivity (Wildman–Crippen MR) is 113 cm³/mol. The third-order valence-corrected chi connectivity index (χ3v) is 5.04. The number of rotatable bonds is 5. The fraction of sp³-hybridized carbons (Fsp3) is 0.136. The first-order valence-corrected chi connectivity index (χ1v) is 9.58. The maximum Gasteiger partial charge on any atom is 0.311 e. The molecule has 3 aromatic heterocycles. The van der Waals surface area contributed by atoms with Crippen molar-refractivity contribution in [3.05, 3.63) is 66.5 Å². The van der Waals surface area contributed by atoms with Crippen molar-refractivity contribution in [1.29, 1.82) is 0 Å². The van der Waals surface area contributed by atoms with Gasteiger partial charge in [0.25, 0.3) is 0 Å². The molecule has 5 aromatic rings. The van der Waals surface area contributed by atoms with E-state index in [2.05, 4.69) is 20.4 Å². The number of ether oxygens (including phenoxy) is 2. The molecule has 3 heterocycles. The highest BCUT2D eigenvalue weighted by Gasteiger charge is 2.22. The van der Waals surface area contributed by atoms with Gasteiger partial charge in [0.15, 0.2) is 16.8 Å². The van der Waals surface area contributed by atoms with Gasteiger partial charge in [0, 0.05) is 5.56 Å². The first kappa shape index (κ1) is 18.7. The molecule has 2 aromatic carbocycles. The Morgan fingerprint density at radius 2 is 1.77 bits per heavy atom. The SMILES string of the molecule is COC(=O)Cc1nn(-c2ccc(OC)cc2)c2c1nnc1c(-c3ccccc3)cnn12. The number of hydrogen-bond acceptors (Lipinski definition) is 7. The number of nitrogens with zero attached hydrogens (tertiary/aromatic N) is 6. The number of carbonyl (C=O) groups is 1. The number of esters is 1. The van der Waals surface area contributed by atoms with Crippen LogP contribution in [-0.4, -0.2) is 49.8 Å². The van der Waals surface area contributed by atoms with Gasteiger partial charge in [0.05, 0.1) is 32.5 Å². The highest BCUT2D eigenvalue weighted by molar-refractivity contribution is 5.85. The van der Waals surface area contributed by atoms with Crippen LogP contribution in [0.1, 0.15) is 5.69 Å². The van der Waals surface area contributed by atoms with Gasteiger partial charge in [-0.1, -0.05) is 30.3 Å². The number of carbonyl (C=O) groups excluding carboxylic acids is 1. The zero-order valence-electron chi connectivity index (χ0n) is 16.9. The standard InChI is InChI=1S/C22H18N6O3/c1-30-16-10-8-15(9-11-16)27-22-20(18(26-27)12-19(29)31-2)24-25-21-17(13-23-28(21)22)14-6-4-3-5-7-14/h3-11,13H,12H2,1-2H3. The van der Waals surface area contributed by atoms with E-state index in [4.69, 9.17) is 9.47 Å². The molecule has 0 saturated heterocycles. The van der Waals surface area contributed by atoms with Crippen LogP contribution in [0.15, 0.2) is 60.8 Å². The molecule has 31 heavy (non-hydrogen) atoms. The first-order chi connectivity index (χ1) is 15.2. The van der Waals surface area contributed by atoms with Gasteiger partial charge >= 0.3 is 5.97 Å². The lowest BCUT2D eigenvalue weighted by molar-refractivity contribution is -0.139. The molecule has 9 heteroatoms. The van der Waals surface area contributed by atoms with E-state index in [0.29, 0.717) is 22.5 Å².